The highest BCUT2D eigenvalue weighted by Gasteiger charge is 2.47. The molecule has 0 radical (unpaired) electrons. The number of halogens is 2. The first-order chi connectivity index (χ1) is 44.2. The second-order valence-electron chi connectivity index (χ2n) is 26.9. The Labute approximate surface area is 552 Å². The molecule has 12 rings (SSSR count). The molecule has 0 aromatic heterocycles. The molecule has 0 saturated heterocycles. The lowest BCUT2D eigenvalue weighted by molar-refractivity contribution is 0.0131. The average Bonchev–Trinajstić information content (AvgIpc) is 1.48. The van der Waals surface area contributed by atoms with E-state index in [0.29, 0.717) is 74.3 Å². The number of ether oxygens (including phenoxy) is 6. The monoisotopic (exact) mass is 1340 g/mol. The van der Waals surface area contributed by atoms with E-state index in [1.807, 2.05) is 24.3 Å². The average molecular weight is 1350 g/mol. The third-order valence-corrected chi connectivity index (χ3v) is 25.0. The molecule has 4 aliphatic heterocycles. The minimum absolute atomic E-state index is 0.00425. The Bertz CT molecular complexity index is 3360. The van der Waals surface area contributed by atoms with Gasteiger partial charge in [0.25, 0.3) is 11.8 Å². The second kappa shape index (κ2) is 29.4. The van der Waals surface area contributed by atoms with Gasteiger partial charge in [-0.15, -0.1) is 0 Å². The lowest BCUT2D eigenvalue weighted by atomic mass is 9.68. The molecule has 4 heterocycles. The van der Waals surface area contributed by atoms with Crippen LogP contribution >= 0.6 is 23.2 Å². The van der Waals surface area contributed by atoms with E-state index in [1.165, 1.54) is 36.5 Å². The first kappa shape index (κ1) is 68.1. The zero-order valence-electron chi connectivity index (χ0n) is 53.2. The minimum atomic E-state index is -4.13. The number of hydrogen-bond acceptors (Lipinski definition) is 16. The Morgan fingerprint density at radius 1 is 0.587 bits per heavy atom. The van der Waals surface area contributed by atoms with E-state index in [0.717, 1.165) is 98.7 Å². The summed E-state index contributed by atoms with van der Waals surface area (Å²) in [6, 6.07) is 22.7. The number of methoxy groups -OCH3 is 4. The SMILES string of the molecule is COC[C@H](O)C[C@@H]1CC/C=C/[C@H](OC)[C@@H]2CC[C@H]2CN2C[C@@]3(CCCc4cc(Cl)ccc43)COc3ccc(cc32)C(=O)NS1(=O)=O.COC[C@H](O)C[C@H]1CC/C=C/[C@H](OC)[C@@H]2CC[C@H]2CN2C[C@@]3(CCCc4cc(Cl)ccc43)COc3ccc(cc32)C(=O)NS1(=O)=O. The largest absolute Gasteiger partial charge is 0.490 e. The summed E-state index contributed by atoms with van der Waals surface area (Å²) < 4.78 is 94.2. The van der Waals surface area contributed by atoms with Gasteiger partial charge in [0.15, 0.2) is 0 Å². The van der Waals surface area contributed by atoms with Crippen molar-refractivity contribution < 1.29 is 65.1 Å². The number of amides is 2. The van der Waals surface area contributed by atoms with Gasteiger partial charge in [0.1, 0.15) is 11.5 Å². The van der Waals surface area contributed by atoms with Gasteiger partial charge in [-0.05, 0) is 209 Å². The van der Waals surface area contributed by atoms with Crippen LogP contribution in [0.4, 0.5) is 11.4 Å². The zero-order chi connectivity index (χ0) is 65.0. The number of anilines is 2. The summed E-state index contributed by atoms with van der Waals surface area (Å²) >= 11 is 12.8. The van der Waals surface area contributed by atoms with Gasteiger partial charge in [-0.1, -0.05) is 59.6 Å². The first-order valence-corrected chi connectivity index (χ1v) is 36.6. The van der Waals surface area contributed by atoms with Crippen LogP contribution in [-0.4, -0.2) is 155 Å². The molecular formula is C70H90Cl2N4O14S2. The van der Waals surface area contributed by atoms with Gasteiger partial charge < -0.3 is 48.4 Å². The summed E-state index contributed by atoms with van der Waals surface area (Å²) in [4.78, 5) is 31.9. The van der Waals surface area contributed by atoms with Gasteiger partial charge in [0, 0.05) is 86.6 Å². The van der Waals surface area contributed by atoms with Gasteiger partial charge in [0.2, 0.25) is 20.0 Å². The van der Waals surface area contributed by atoms with E-state index >= 15 is 0 Å². The molecule has 4 N–H and O–H groups in total. The van der Waals surface area contributed by atoms with Crippen LogP contribution in [0.5, 0.6) is 11.5 Å². The quantitative estimate of drug-likeness (QED) is 0.108. The summed E-state index contributed by atoms with van der Waals surface area (Å²) in [5.41, 5.74) is 6.56. The van der Waals surface area contributed by atoms with Crippen molar-refractivity contribution >= 4 is 66.4 Å². The fourth-order valence-electron chi connectivity index (χ4n) is 15.9. The molecule has 8 aliphatic rings. The normalized spacial score (nSPS) is 30.5. The summed E-state index contributed by atoms with van der Waals surface area (Å²) in [5.74, 6) is 1.32. The van der Waals surface area contributed by atoms with E-state index in [2.05, 4.69) is 55.7 Å². The number of hydrogen-bond donors (Lipinski definition) is 4. The predicted molar refractivity (Wildman–Crippen MR) is 357 cm³/mol. The van der Waals surface area contributed by atoms with Gasteiger partial charge >= 0.3 is 0 Å². The van der Waals surface area contributed by atoms with Gasteiger partial charge in [-0.3, -0.25) is 9.59 Å². The van der Waals surface area contributed by atoms with E-state index in [4.69, 9.17) is 51.6 Å². The van der Waals surface area contributed by atoms with Crippen molar-refractivity contribution in [2.24, 2.45) is 23.7 Å². The fourth-order valence-corrected chi connectivity index (χ4v) is 19.2. The molecule has 92 heavy (non-hydrogen) atoms. The van der Waals surface area contributed by atoms with Crippen molar-refractivity contribution in [3.05, 3.63) is 141 Å². The third-order valence-electron chi connectivity index (χ3n) is 20.9. The lowest BCUT2D eigenvalue weighted by Crippen LogP contribution is -2.49. The van der Waals surface area contributed by atoms with Crippen molar-refractivity contribution in [2.45, 2.75) is 148 Å². The number of aliphatic hydroxyl groups excluding tert-OH is 2. The van der Waals surface area contributed by atoms with Crippen LogP contribution in [0.2, 0.25) is 10.0 Å². The molecule has 4 aromatic rings. The summed E-state index contributed by atoms with van der Waals surface area (Å²) in [6.45, 7) is 3.93. The maximum absolute atomic E-state index is 13.6. The van der Waals surface area contributed by atoms with Crippen molar-refractivity contribution in [3.63, 3.8) is 0 Å². The Balaban J connectivity index is 0.000000188. The molecular weight excluding hydrogens is 1260 g/mol. The molecule has 12 atom stereocenters. The van der Waals surface area contributed by atoms with Crippen molar-refractivity contribution in [1.29, 1.82) is 0 Å². The third kappa shape index (κ3) is 15.0. The Kier molecular flexibility index (Phi) is 21.8. The molecule has 4 aromatic carbocycles. The van der Waals surface area contributed by atoms with Crippen LogP contribution in [0.25, 0.3) is 0 Å². The van der Waals surface area contributed by atoms with Gasteiger partial charge in [-0.2, -0.15) is 0 Å². The Morgan fingerprint density at radius 2 is 1.01 bits per heavy atom. The first-order valence-electron chi connectivity index (χ1n) is 32.7. The van der Waals surface area contributed by atoms with Crippen molar-refractivity contribution in [1.82, 2.24) is 9.44 Å². The van der Waals surface area contributed by atoms with Crippen LogP contribution in [0.15, 0.2) is 97.1 Å². The highest BCUT2D eigenvalue weighted by Crippen LogP contribution is 2.50. The highest BCUT2D eigenvalue weighted by molar-refractivity contribution is 7.91. The maximum Gasteiger partial charge on any atom is 0.264 e. The molecule has 2 amide bonds. The van der Waals surface area contributed by atoms with E-state index in [9.17, 15) is 36.6 Å². The Morgan fingerprint density at radius 3 is 1.39 bits per heavy atom. The number of allylic oxidation sites excluding steroid dienone is 2. The number of rotatable bonds is 10. The number of sulfonamides is 2. The van der Waals surface area contributed by atoms with Crippen LogP contribution < -0.4 is 28.7 Å². The number of aliphatic hydroxyl groups is 2. The van der Waals surface area contributed by atoms with Crippen molar-refractivity contribution in [3.8, 4) is 11.5 Å². The number of carbonyl (C=O) groups excluding carboxylic acids is 2. The lowest BCUT2D eigenvalue weighted by Gasteiger charge is -2.46. The van der Waals surface area contributed by atoms with Gasteiger partial charge in [-0.25, -0.2) is 26.3 Å². The number of carbonyl (C=O) groups is 2. The molecule has 4 aliphatic carbocycles. The predicted octanol–water partition coefficient (Wildman–Crippen LogP) is 10.1. The molecule has 22 heteroatoms. The number of nitrogens with one attached hydrogen (secondary N) is 2. The topological polar surface area (TPSA) is 229 Å². The summed E-state index contributed by atoms with van der Waals surface area (Å²) in [5, 5.41) is 20.4. The smallest absolute Gasteiger partial charge is 0.264 e. The zero-order valence-corrected chi connectivity index (χ0v) is 56.4. The molecule has 2 saturated carbocycles. The molecule has 2 fully saturated rings. The van der Waals surface area contributed by atoms with Crippen LogP contribution in [0, 0.1) is 23.7 Å². The second-order valence-corrected chi connectivity index (χ2v) is 31.7. The minimum Gasteiger partial charge on any atom is -0.490 e. The molecule has 2 spiro atoms. The van der Waals surface area contributed by atoms with Crippen molar-refractivity contribution in [2.75, 3.05) is 90.8 Å². The number of fused-ring (bicyclic) bond motifs is 8. The van der Waals surface area contributed by atoms with Crippen LogP contribution in [-0.2, 0) is 62.7 Å². The Hall–Kier alpha value is -5.26. The number of aryl methyl sites for hydroxylation is 2. The van der Waals surface area contributed by atoms with E-state index in [1.54, 1.807) is 50.6 Å². The number of benzene rings is 4. The fraction of sp³-hybridized carbons (Fsp3) is 0.571. The summed E-state index contributed by atoms with van der Waals surface area (Å²) in [6.07, 6.45) is 17.3. The van der Waals surface area contributed by atoms with E-state index < -0.39 is 54.6 Å². The standard InChI is InChI=1S/2C35H45ClN2O7S/c2*1-43-20-27(39)18-28-7-3-4-8-32(44-2)29-12-9-25(29)19-38-21-35(15-5-6-23-16-26(36)11-13-30(23)35)22-45-33-14-10-24(17-31(33)38)34(40)37-46(28,41)42/h2*4,8,10-11,13-14,16-17,25,27-29,32,39H,3,5-7,9,12,15,18-22H2,1-2H3,(H,37,40)/b2*8-4+/t25-,27+,28+,29+,32-,35-;25-,27+,28-,29+,32-,35-/m00/s1. The van der Waals surface area contributed by atoms with Crippen LogP contribution in [0.1, 0.15) is 133 Å². The van der Waals surface area contributed by atoms with Crippen LogP contribution in [0.3, 0.4) is 0 Å². The van der Waals surface area contributed by atoms with E-state index in [-0.39, 0.29) is 73.1 Å². The summed E-state index contributed by atoms with van der Waals surface area (Å²) in [7, 11) is -1.89. The molecule has 0 unspecified atom stereocenters. The maximum atomic E-state index is 13.6. The molecule has 18 nitrogen and oxygen atoms in total. The highest BCUT2D eigenvalue weighted by atomic mass is 35.5. The molecule has 500 valence electrons. The van der Waals surface area contributed by atoms with Gasteiger partial charge in [0.05, 0.1) is 72.7 Å². The molecule has 4 bridgehead atoms. The number of nitrogens with zero attached hydrogens (tertiary/aromatic N) is 2.